The van der Waals surface area contributed by atoms with Crippen molar-refractivity contribution in [3.8, 4) is 5.75 Å². The lowest BCUT2D eigenvalue weighted by Gasteiger charge is -2.25. The molecule has 0 fully saturated rings. The van der Waals surface area contributed by atoms with E-state index in [1.54, 1.807) is 23.6 Å². The fourth-order valence-electron chi connectivity index (χ4n) is 5.11. The summed E-state index contributed by atoms with van der Waals surface area (Å²) >= 11 is 5.71. The van der Waals surface area contributed by atoms with Gasteiger partial charge in [0.15, 0.2) is 4.80 Å². The van der Waals surface area contributed by atoms with E-state index in [0.717, 1.165) is 29.4 Å². The molecule has 0 amide bonds. The van der Waals surface area contributed by atoms with Gasteiger partial charge in [0.1, 0.15) is 18.2 Å². The number of carbonyl (C=O) groups excluding carboxylic acids is 1. The molecule has 0 saturated heterocycles. The van der Waals surface area contributed by atoms with Gasteiger partial charge in [0, 0.05) is 14.7 Å². The molecule has 0 unspecified atom stereocenters. The van der Waals surface area contributed by atoms with Crippen molar-refractivity contribution >= 4 is 74.3 Å². The fraction of sp³-hybridized carbons (Fsp3) is 0.114. The van der Waals surface area contributed by atoms with E-state index >= 15 is 0 Å². The number of thiazole rings is 1. The molecule has 2 heterocycles. The highest BCUT2D eigenvalue weighted by Gasteiger charge is 2.35. The van der Waals surface area contributed by atoms with Crippen molar-refractivity contribution in [1.29, 1.82) is 0 Å². The van der Waals surface area contributed by atoms with Crippen molar-refractivity contribution in [2.24, 2.45) is 4.99 Å². The molecule has 45 heavy (non-hydrogen) atoms. The highest BCUT2D eigenvalue weighted by Crippen LogP contribution is 2.35. The fourth-order valence-corrected chi connectivity index (χ4v) is 8.15. The standard InChI is InChI=1S/C35H25FI2N2O4S/c1-2-43-34(42)29-30(22-9-5-3-6-10-22)39-35-40(31(29)23-11-7-4-8-12-23)33(41)28(45-35)18-24-17-26(37)19-27(38)32(24)44-20-21-13-15-25(36)16-14-21/h3-19,31H,2,20H2,1H3/b28-18-/t31-/m0/s1. The van der Waals surface area contributed by atoms with E-state index in [4.69, 9.17) is 14.5 Å². The number of hydrogen-bond acceptors (Lipinski definition) is 6. The molecule has 0 aliphatic carbocycles. The van der Waals surface area contributed by atoms with Crippen LogP contribution in [-0.4, -0.2) is 17.1 Å². The minimum absolute atomic E-state index is 0.183. The van der Waals surface area contributed by atoms with Gasteiger partial charge < -0.3 is 9.47 Å². The third-order valence-corrected chi connectivity index (χ3v) is 9.52. The lowest BCUT2D eigenvalue weighted by molar-refractivity contribution is -0.138. The number of aromatic nitrogens is 1. The number of nitrogens with zero attached hydrogens (tertiary/aromatic N) is 2. The molecular formula is C35H25FI2N2O4S. The number of fused-ring (bicyclic) bond motifs is 1. The van der Waals surface area contributed by atoms with Crippen LogP contribution in [0, 0.1) is 13.0 Å². The largest absolute Gasteiger partial charge is 0.487 e. The van der Waals surface area contributed by atoms with Crippen LogP contribution in [0.4, 0.5) is 4.39 Å². The number of esters is 1. The minimum atomic E-state index is -0.746. The molecular weight excluding hydrogens is 817 g/mol. The first-order chi connectivity index (χ1) is 21.8. The maximum atomic E-state index is 14.3. The van der Waals surface area contributed by atoms with Crippen LogP contribution in [0.3, 0.4) is 0 Å². The van der Waals surface area contributed by atoms with Crippen LogP contribution in [-0.2, 0) is 16.1 Å². The lowest BCUT2D eigenvalue weighted by atomic mass is 9.93. The summed E-state index contributed by atoms with van der Waals surface area (Å²) in [6, 6.07) is 28.3. The minimum Gasteiger partial charge on any atom is -0.487 e. The Morgan fingerprint density at radius 2 is 1.69 bits per heavy atom. The zero-order valence-corrected chi connectivity index (χ0v) is 29.0. The third kappa shape index (κ3) is 6.68. The van der Waals surface area contributed by atoms with Crippen LogP contribution in [0.2, 0.25) is 0 Å². The Labute approximate surface area is 289 Å². The highest BCUT2D eigenvalue weighted by atomic mass is 127. The van der Waals surface area contributed by atoms with Gasteiger partial charge in [-0.1, -0.05) is 84.1 Å². The second kappa shape index (κ2) is 13.8. The maximum absolute atomic E-state index is 14.3. The summed E-state index contributed by atoms with van der Waals surface area (Å²) < 4.78 is 29.1. The zero-order chi connectivity index (χ0) is 31.5. The van der Waals surface area contributed by atoms with E-state index in [1.165, 1.54) is 23.5 Å². The Kier molecular flexibility index (Phi) is 9.61. The van der Waals surface area contributed by atoms with E-state index in [-0.39, 0.29) is 24.6 Å². The smallest absolute Gasteiger partial charge is 0.338 e. The molecule has 4 aromatic carbocycles. The second-order valence-electron chi connectivity index (χ2n) is 10.1. The van der Waals surface area contributed by atoms with Gasteiger partial charge in [0.25, 0.3) is 5.56 Å². The molecule has 1 aliphatic rings. The van der Waals surface area contributed by atoms with Gasteiger partial charge in [-0.25, -0.2) is 14.2 Å². The summed E-state index contributed by atoms with van der Waals surface area (Å²) in [6.07, 6.45) is 1.81. The van der Waals surface area contributed by atoms with Gasteiger partial charge in [0.05, 0.1) is 32.0 Å². The van der Waals surface area contributed by atoms with E-state index in [0.29, 0.717) is 26.4 Å². The average Bonchev–Trinajstić information content (AvgIpc) is 3.35. The first-order valence-electron chi connectivity index (χ1n) is 14.0. The van der Waals surface area contributed by atoms with Crippen LogP contribution in [0.25, 0.3) is 11.8 Å². The summed E-state index contributed by atoms with van der Waals surface area (Å²) in [5.74, 6) is -0.219. The topological polar surface area (TPSA) is 69.9 Å². The van der Waals surface area contributed by atoms with E-state index < -0.39 is 12.0 Å². The number of benzene rings is 4. The summed E-state index contributed by atoms with van der Waals surface area (Å²) in [5, 5.41) is 0. The first-order valence-corrected chi connectivity index (χ1v) is 17.0. The van der Waals surface area contributed by atoms with Gasteiger partial charge in [-0.15, -0.1) is 0 Å². The van der Waals surface area contributed by atoms with Crippen LogP contribution >= 0.6 is 56.5 Å². The number of halogens is 3. The Balaban J connectivity index is 1.54. The van der Waals surface area contributed by atoms with Gasteiger partial charge in [-0.2, -0.15) is 0 Å². The molecule has 0 spiro atoms. The summed E-state index contributed by atoms with van der Waals surface area (Å²) in [7, 11) is 0. The SMILES string of the molecule is CCOC(=O)C1=C(c2ccccc2)N=c2s/c(=C\c3cc(I)cc(I)c3OCc3ccc(F)cc3)c(=O)n2[C@H]1c1ccccc1. The zero-order valence-electron chi connectivity index (χ0n) is 23.9. The molecule has 1 aromatic heterocycles. The monoisotopic (exact) mass is 842 g/mol. The number of carbonyl (C=O) groups is 1. The van der Waals surface area contributed by atoms with Gasteiger partial charge in [-0.3, -0.25) is 9.36 Å². The maximum Gasteiger partial charge on any atom is 0.338 e. The van der Waals surface area contributed by atoms with Crippen molar-refractivity contribution in [3.63, 3.8) is 0 Å². The molecule has 226 valence electrons. The molecule has 0 bridgehead atoms. The van der Waals surface area contributed by atoms with Crippen molar-refractivity contribution in [2.45, 2.75) is 19.6 Å². The van der Waals surface area contributed by atoms with Gasteiger partial charge >= 0.3 is 5.97 Å². The average molecular weight is 842 g/mol. The second-order valence-corrected chi connectivity index (χ2v) is 13.5. The molecule has 6 nitrogen and oxygen atoms in total. The van der Waals surface area contributed by atoms with E-state index in [9.17, 15) is 14.0 Å². The van der Waals surface area contributed by atoms with Crippen molar-refractivity contribution in [3.05, 3.63) is 158 Å². The summed E-state index contributed by atoms with van der Waals surface area (Å²) in [5.41, 5.74) is 3.57. The van der Waals surface area contributed by atoms with Crippen LogP contribution < -0.4 is 19.6 Å². The normalized spacial score (nSPS) is 14.6. The summed E-state index contributed by atoms with van der Waals surface area (Å²) in [6.45, 7) is 2.17. The highest BCUT2D eigenvalue weighted by molar-refractivity contribution is 14.1. The number of hydrogen-bond donors (Lipinski definition) is 0. The number of ether oxygens (including phenoxy) is 2. The Morgan fingerprint density at radius 3 is 2.38 bits per heavy atom. The molecule has 10 heteroatoms. The predicted molar refractivity (Wildman–Crippen MR) is 190 cm³/mol. The Morgan fingerprint density at radius 1 is 1.00 bits per heavy atom. The third-order valence-electron chi connectivity index (χ3n) is 7.11. The van der Waals surface area contributed by atoms with Crippen LogP contribution in [0.5, 0.6) is 5.75 Å². The Hall–Kier alpha value is -3.62. The quantitative estimate of drug-likeness (QED) is 0.127. The Bertz CT molecular complexity index is 2090. The number of rotatable bonds is 8. The lowest BCUT2D eigenvalue weighted by Crippen LogP contribution is -2.40. The predicted octanol–water partition coefficient (Wildman–Crippen LogP) is 6.86. The van der Waals surface area contributed by atoms with Crippen molar-refractivity contribution in [1.82, 2.24) is 4.57 Å². The van der Waals surface area contributed by atoms with Crippen molar-refractivity contribution in [2.75, 3.05) is 6.61 Å². The van der Waals surface area contributed by atoms with Gasteiger partial charge in [0.2, 0.25) is 0 Å². The molecule has 6 rings (SSSR count). The van der Waals surface area contributed by atoms with Crippen LogP contribution in [0.15, 0.2) is 112 Å². The van der Waals surface area contributed by atoms with Crippen LogP contribution in [0.1, 0.15) is 35.2 Å². The van der Waals surface area contributed by atoms with Crippen molar-refractivity contribution < 1.29 is 18.7 Å². The molecule has 0 saturated carbocycles. The first kappa shape index (κ1) is 31.4. The van der Waals surface area contributed by atoms with E-state index in [2.05, 4.69) is 45.2 Å². The van der Waals surface area contributed by atoms with E-state index in [1.807, 2.05) is 78.9 Å². The molecule has 1 atom stereocenters. The molecule has 5 aromatic rings. The molecule has 1 aliphatic heterocycles. The van der Waals surface area contributed by atoms with Gasteiger partial charge in [-0.05, 0) is 93.6 Å². The summed E-state index contributed by atoms with van der Waals surface area (Å²) in [4.78, 5) is 33.3. The molecule has 0 radical (unpaired) electrons. The molecule has 0 N–H and O–H groups in total.